The summed E-state index contributed by atoms with van der Waals surface area (Å²) < 4.78 is 12.5. The lowest BCUT2D eigenvalue weighted by Crippen LogP contribution is -2.53. The Morgan fingerprint density at radius 3 is 2.20 bits per heavy atom. The number of likely N-dealkylation sites (N-methyl/N-ethyl adjacent to an activating group) is 1. The van der Waals surface area contributed by atoms with Crippen LogP contribution in [-0.4, -0.2) is 62.2 Å². The third-order valence-corrected chi connectivity index (χ3v) is 6.39. The molecule has 0 aliphatic carbocycles. The normalized spacial score (nSPS) is 23.9. The molecule has 1 unspecified atom stereocenters. The Kier molecular flexibility index (Phi) is 8.79. The van der Waals surface area contributed by atoms with E-state index >= 15 is 0 Å². The summed E-state index contributed by atoms with van der Waals surface area (Å²) in [4.78, 5) is 0. The number of benzene rings is 1. The van der Waals surface area contributed by atoms with E-state index in [0.717, 1.165) is 42.2 Å². The quantitative estimate of drug-likeness (QED) is 0.426. The van der Waals surface area contributed by atoms with E-state index in [2.05, 4.69) is 72.9 Å². The van der Waals surface area contributed by atoms with Crippen LogP contribution in [0.2, 0.25) is 0 Å². The fraction of sp³-hybridized carbons (Fsp3) is 0.769. The first-order chi connectivity index (χ1) is 13.9. The maximum Gasteiger partial charge on any atom is 0.126 e. The Balaban J connectivity index is 1.67. The van der Waals surface area contributed by atoms with E-state index < -0.39 is 6.10 Å². The van der Waals surface area contributed by atoms with Crippen LogP contribution in [0.15, 0.2) is 24.3 Å². The number of ether oxygens (including phenoxy) is 2. The lowest BCUT2D eigenvalue weighted by atomic mass is 9.72. The molecule has 1 aromatic rings. The Morgan fingerprint density at radius 2 is 1.63 bits per heavy atom. The molecule has 0 spiro atoms. The summed E-state index contributed by atoms with van der Waals surface area (Å²) >= 11 is 0. The van der Waals surface area contributed by atoms with Crippen molar-refractivity contribution in [3.8, 4) is 5.75 Å². The van der Waals surface area contributed by atoms with E-state index in [4.69, 9.17) is 9.47 Å². The number of piperidine rings is 1. The predicted molar refractivity (Wildman–Crippen MR) is 125 cm³/mol. The summed E-state index contributed by atoms with van der Waals surface area (Å²) in [5, 5.41) is 10.4. The van der Waals surface area contributed by atoms with Crippen LogP contribution in [0.1, 0.15) is 66.4 Å². The van der Waals surface area contributed by atoms with Crippen molar-refractivity contribution >= 4 is 0 Å². The molecule has 30 heavy (non-hydrogen) atoms. The van der Waals surface area contributed by atoms with Gasteiger partial charge in [-0.1, -0.05) is 53.7 Å². The number of aliphatic hydroxyl groups excluding tert-OH is 1. The summed E-state index contributed by atoms with van der Waals surface area (Å²) in [7, 11) is 2.25. The summed E-state index contributed by atoms with van der Waals surface area (Å²) in [5.41, 5.74) is 1.78. The highest BCUT2D eigenvalue weighted by Gasteiger charge is 2.30. The predicted octanol–water partition coefficient (Wildman–Crippen LogP) is 5.03. The lowest BCUT2D eigenvalue weighted by Gasteiger charge is -2.41. The van der Waals surface area contributed by atoms with Gasteiger partial charge in [0, 0.05) is 0 Å². The van der Waals surface area contributed by atoms with Gasteiger partial charge in [-0.25, -0.2) is 0 Å². The average Bonchev–Trinajstić information content (AvgIpc) is 2.62. The molecule has 0 saturated carbocycles. The first-order valence-corrected chi connectivity index (χ1v) is 11.7. The number of aliphatic hydroxyl groups is 1. The number of hydrogen-bond acceptors (Lipinski definition) is 3. The monoisotopic (exact) mass is 420 g/mol. The topological polar surface area (TPSA) is 38.7 Å². The molecule has 1 aliphatic heterocycles. The molecular weight excluding hydrogens is 374 g/mol. The number of rotatable bonds is 10. The van der Waals surface area contributed by atoms with Crippen molar-refractivity contribution in [2.24, 2.45) is 11.3 Å². The SMILES string of the molecule is CC1CC[N+](C)(CC(O)COCCOc2ccc(C(C)(C)CC(C)(C)C)cc2)CC1. The third-order valence-electron chi connectivity index (χ3n) is 6.39. The Morgan fingerprint density at radius 1 is 1.03 bits per heavy atom. The largest absolute Gasteiger partial charge is 0.491 e. The van der Waals surface area contributed by atoms with Gasteiger partial charge in [-0.2, -0.15) is 0 Å². The number of likely N-dealkylation sites (tertiary alicyclic amines) is 1. The maximum absolute atomic E-state index is 10.4. The highest BCUT2D eigenvalue weighted by atomic mass is 16.5. The van der Waals surface area contributed by atoms with Crippen LogP contribution in [-0.2, 0) is 10.2 Å². The molecule has 0 amide bonds. The minimum absolute atomic E-state index is 0.140. The first-order valence-electron chi connectivity index (χ1n) is 11.7. The highest BCUT2D eigenvalue weighted by Crippen LogP contribution is 2.36. The Labute approximate surface area is 185 Å². The molecule has 1 fully saturated rings. The summed E-state index contributed by atoms with van der Waals surface area (Å²) in [6, 6.07) is 8.46. The minimum atomic E-state index is -0.410. The molecule has 1 N–H and O–H groups in total. The van der Waals surface area contributed by atoms with Gasteiger partial charge in [-0.15, -0.1) is 0 Å². The molecular formula is C26H46NO3+. The molecule has 1 atom stereocenters. The fourth-order valence-electron chi connectivity index (χ4n) is 4.93. The third kappa shape index (κ3) is 8.56. The van der Waals surface area contributed by atoms with Crippen LogP contribution in [0.25, 0.3) is 0 Å². The summed E-state index contributed by atoms with van der Waals surface area (Å²) in [5.74, 6) is 1.69. The van der Waals surface area contributed by atoms with Gasteiger partial charge in [0.25, 0.3) is 0 Å². The second-order valence-corrected chi connectivity index (χ2v) is 11.7. The van der Waals surface area contributed by atoms with Crippen molar-refractivity contribution in [1.82, 2.24) is 0 Å². The zero-order chi connectivity index (χ0) is 22.4. The van der Waals surface area contributed by atoms with Crippen molar-refractivity contribution in [3.05, 3.63) is 29.8 Å². The van der Waals surface area contributed by atoms with Crippen LogP contribution in [0.4, 0.5) is 0 Å². The number of nitrogens with zero attached hydrogens (tertiary/aromatic N) is 1. The van der Waals surface area contributed by atoms with Crippen LogP contribution in [0, 0.1) is 11.3 Å². The second-order valence-electron chi connectivity index (χ2n) is 11.7. The summed E-state index contributed by atoms with van der Waals surface area (Å²) in [6.07, 6.45) is 3.23. The second kappa shape index (κ2) is 10.5. The van der Waals surface area contributed by atoms with Gasteiger partial charge in [0.05, 0.1) is 33.4 Å². The molecule has 0 radical (unpaired) electrons. The van der Waals surface area contributed by atoms with Crippen LogP contribution in [0.5, 0.6) is 5.75 Å². The molecule has 1 aromatic carbocycles. The molecule has 1 heterocycles. The smallest absolute Gasteiger partial charge is 0.126 e. The Hall–Kier alpha value is -1.10. The Bertz CT molecular complexity index is 625. The van der Waals surface area contributed by atoms with Crippen molar-refractivity contribution in [1.29, 1.82) is 0 Å². The summed E-state index contributed by atoms with van der Waals surface area (Å²) in [6.45, 7) is 18.3. The van der Waals surface area contributed by atoms with Crippen molar-refractivity contribution < 1.29 is 19.1 Å². The maximum atomic E-state index is 10.4. The van der Waals surface area contributed by atoms with Gasteiger partial charge in [0.15, 0.2) is 0 Å². The standard InChI is InChI=1S/C26H46NO3/c1-21-12-14-27(7,15-13-21)18-23(28)19-29-16-17-30-24-10-8-22(9-11-24)26(5,6)20-25(2,3)4/h8-11,21,23,28H,12-20H2,1-7H3/q+1. The molecule has 0 bridgehead atoms. The van der Waals surface area contributed by atoms with Gasteiger partial charge < -0.3 is 19.1 Å². The van der Waals surface area contributed by atoms with Crippen LogP contribution >= 0.6 is 0 Å². The molecule has 4 nitrogen and oxygen atoms in total. The number of quaternary nitrogens is 1. The zero-order valence-corrected chi connectivity index (χ0v) is 20.5. The minimum Gasteiger partial charge on any atom is -0.491 e. The van der Waals surface area contributed by atoms with E-state index in [1.807, 2.05) is 0 Å². The van der Waals surface area contributed by atoms with Crippen molar-refractivity contribution in [2.45, 2.75) is 72.3 Å². The first kappa shape index (κ1) is 25.2. The molecule has 172 valence electrons. The molecule has 2 rings (SSSR count). The van der Waals surface area contributed by atoms with E-state index in [-0.39, 0.29) is 5.41 Å². The zero-order valence-electron chi connectivity index (χ0n) is 20.5. The number of hydrogen-bond donors (Lipinski definition) is 1. The molecule has 4 heteroatoms. The van der Waals surface area contributed by atoms with E-state index in [9.17, 15) is 5.11 Å². The highest BCUT2D eigenvalue weighted by molar-refractivity contribution is 5.31. The van der Waals surface area contributed by atoms with Crippen LogP contribution in [0.3, 0.4) is 0 Å². The van der Waals surface area contributed by atoms with E-state index in [1.54, 1.807) is 0 Å². The van der Waals surface area contributed by atoms with Crippen molar-refractivity contribution in [3.63, 3.8) is 0 Å². The fourth-order valence-corrected chi connectivity index (χ4v) is 4.93. The van der Waals surface area contributed by atoms with Crippen LogP contribution < -0.4 is 4.74 Å². The van der Waals surface area contributed by atoms with Crippen molar-refractivity contribution in [2.75, 3.05) is 46.5 Å². The van der Waals surface area contributed by atoms with E-state index in [1.165, 1.54) is 18.4 Å². The van der Waals surface area contributed by atoms with Gasteiger partial charge in [-0.05, 0) is 53.7 Å². The average molecular weight is 421 g/mol. The molecule has 1 aliphatic rings. The lowest BCUT2D eigenvalue weighted by molar-refractivity contribution is -0.918. The van der Waals surface area contributed by atoms with Gasteiger partial charge in [0.2, 0.25) is 0 Å². The molecule has 0 aromatic heterocycles. The molecule has 1 saturated heterocycles. The van der Waals surface area contributed by atoms with Gasteiger partial charge in [0.1, 0.15) is 25.0 Å². The van der Waals surface area contributed by atoms with Gasteiger partial charge >= 0.3 is 0 Å². The van der Waals surface area contributed by atoms with E-state index in [0.29, 0.717) is 25.2 Å². The van der Waals surface area contributed by atoms with Gasteiger partial charge in [-0.3, -0.25) is 0 Å².